The summed E-state index contributed by atoms with van der Waals surface area (Å²) in [6, 6.07) is 3.61. The van der Waals surface area contributed by atoms with Crippen molar-refractivity contribution in [3.05, 3.63) is 34.1 Å². The Labute approximate surface area is 128 Å². The summed E-state index contributed by atoms with van der Waals surface area (Å²) >= 11 is 12.0. The Hall–Kier alpha value is -1.39. The number of hydrogen-bond acceptors (Lipinski definition) is 4. The van der Waals surface area contributed by atoms with E-state index in [0.29, 0.717) is 21.6 Å². The van der Waals surface area contributed by atoms with Crippen LogP contribution < -0.4 is 5.32 Å². The maximum Gasteiger partial charge on any atom is 0.181 e. The van der Waals surface area contributed by atoms with Gasteiger partial charge in [-0.2, -0.15) is 0 Å². The first-order valence-electron chi connectivity index (χ1n) is 6.57. The van der Waals surface area contributed by atoms with Crippen LogP contribution in [0.5, 0.6) is 0 Å². The highest BCUT2D eigenvalue weighted by molar-refractivity contribution is 6.35. The smallest absolute Gasteiger partial charge is 0.181 e. The Bertz CT molecular complexity index is 577. The number of anilines is 1. The number of rotatable bonds is 5. The Morgan fingerprint density at radius 3 is 2.60 bits per heavy atom. The van der Waals surface area contributed by atoms with E-state index in [2.05, 4.69) is 27.2 Å². The van der Waals surface area contributed by atoms with Gasteiger partial charge in [0.25, 0.3) is 0 Å². The molecule has 0 aliphatic carbocycles. The zero-order valence-electron chi connectivity index (χ0n) is 11.5. The van der Waals surface area contributed by atoms with Gasteiger partial charge < -0.3 is 5.32 Å². The lowest BCUT2D eigenvalue weighted by molar-refractivity contribution is 0.873. The summed E-state index contributed by atoms with van der Waals surface area (Å²) in [5, 5.41) is 4.15. The van der Waals surface area contributed by atoms with E-state index in [1.807, 2.05) is 13.0 Å². The van der Waals surface area contributed by atoms with Gasteiger partial charge in [-0.15, -0.1) is 0 Å². The van der Waals surface area contributed by atoms with Crippen molar-refractivity contribution in [2.24, 2.45) is 0 Å². The van der Waals surface area contributed by atoms with E-state index in [1.165, 1.54) is 0 Å². The molecule has 0 atom stereocenters. The molecule has 6 heteroatoms. The van der Waals surface area contributed by atoms with E-state index in [-0.39, 0.29) is 0 Å². The first-order chi connectivity index (χ1) is 9.63. The molecule has 0 amide bonds. The molecule has 0 aliphatic heterocycles. The molecule has 2 heterocycles. The van der Waals surface area contributed by atoms with Gasteiger partial charge in [0, 0.05) is 24.5 Å². The second-order valence-electron chi connectivity index (χ2n) is 4.33. The predicted molar refractivity (Wildman–Crippen MR) is 83.4 cm³/mol. The third kappa shape index (κ3) is 3.58. The summed E-state index contributed by atoms with van der Waals surface area (Å²) in [5.74, 6) is 1.31. The van der Waals surface area contributed by atoms with Crippen molar-refractivity contribution in [3.8, 4) is 11.5 Å². The van der Waals surface area contributed by atoms with Gasteiger partial charge in [-0.25, -0.2) is 15.0 Å². The van der Waals surface area contributed by atoms with Crippen LogP contribution in [-0.2, 0) is 6.42 Å². The van der Waals surface area contributed by atoms with E-state index < -0.39 is 0 Å². The Kier molecular flexibility index (Phi) is 5.15. The van der Waals surface area contributed by atoms with Gasteiger partial charge in [0.05, 0.1) is 10.0 Å². The highest BCUT2D eigenvalue weighted by atomic mass is 35.5. The van der Waals surface area contributed by atoms with E-state index in [0.717, 1.165) is 30.9 Å². The lowest BCUT2D eigenvalue weighted by atomic mass is 10.2. The molecule has 0 aromatic carbocycles. The van der Waals surface area contributed by atoms with Gasteiger partial charge in [-0.1, -0.05) is 36.5 Å². The normalized spacial score (nSPS) is 10.6. The maximum atomic E-state index is 6.18. The minimum Gasteiger partial charge on any atom is -0.370 e. The van der Waals surface area contributed by atoms with E-state index in [4.69, 9.17) is 23.2 Å². The van der Waals surface area contributed by atoms with E-state index in [1.54, 1.807) is 12.3 Å². The van der Waals surface area contributed by atoms with Crippen LogP contribution in [0.1, 0.15) is 26.0 Å². The topological polar surface area (TPSA) is 50.7 Å². The van der Waals surface area contributed by atoms with Crippen LogP contribution in [0.2, 0.25) is 10.0 Å². The standard InChI is InChI=1S/C14H16Cl2N4/c1-3-5-10-7-12(17-4-2)20-14(19-10)13-11(16)6-9(15)8-18-13/h6-8H,3-5H2,1-2H3,(H,17,19,20). The number of nitrogens with one attached hydrogen (secondary N) is 1. The summed E-state index contributed by atoms with van der Waals surface area (Å²) in [4.78, 5) is 13.2. The molecule has 4 nitrogen and oxygen atoms in total. The van der Waals surface area contributed by atoms with Gasteiger partial charge in [0.2, 0.25) is 0 Å². The molecule has 1 N–H and O–H groups in total. The summed E-state index contributed by atoms with van der Waals surface area (Å²) in [7, 11) is 0. The molecule has 0 saturated heterocycles. The third-order valence-corrected chi connectivity index (χ3v) is 3.16. The van der Waals surface area contributed by atoms with Crippen molar-refractivity contribution < 1.29 is 0 Å². The molecule has 2 aromatic rings. The lowest BCUT2D eigenvalue weighted by Gasteiger charge is -2.09. The zero-order valence-corrected chi connectivity index (χ0v) is 13.0. The Balaban J connectivity index is 2.48. The second kappa shape index (κ2) is 6.86. The van der Waals surface area contributed by atoms with Gasteiger partial charge in [-0.3, -0.25) is 0 Å². The van der Waals surface area contributed by atoms with Gasteiger partial charge >= 0.3 is 0 Å². The molecule has 106 valence electrons. The summed E-state index contributed by atoms with van der Waals surface area (Å²) < 4.78 is 0. The van der Waals surface area contributed by atoms with Crippen molar-refractivity contribution in [2.45, 2.75) is 26.7 Å². The number of halogens is 2. The lowest BCUT2D eigenvalue weighted by Crippen LogP contribution is -2.05. The van der Waals surface area contributed by atoms with Crippen LogP contribution in [0.25, 0.3) is 11.5 Å². The fraction of sp³-hybridized carbons (Fsp3) is 0.357. The van der Waals surface area contributed by atoms with E-state index in [9.17, 15) is 0 Å². The quantitative estimate of drug-likeness (QED) is 0.898. The minimum absolute atomic E-state index is 0.452. The molecular weight excluding hydrogens is 295 g/mol. The van der Waals surface area contributed by atoms with E-state index >= 15 is 0 Å². The molecule has 0 saturated carbocycles. The zero-order chi connectivity index (χ0) is 14.5. The van der Waals surface area contributed by atoms with Crippen LogP contribution in [0.15, 0.2) is 18.3 Å². The van der Waals surface area contributed by atoms with Crippen LogP contribution in [0.3, 0.4) is 0 Å². The van der Waals surface area contributed by atoms with Crippen LogP contribution in [0, 0.1) is 0 Å². The molecular formula is C14H16Cl2N4. The summed E-state index contributed by atoms with van der Waals surface area (Å²) in [6.45, 7) is 4.93. The number of hydrogen-bond donors (Lipinski definition) is 1. The molecule has 0 radical (unpaired) electrons. The van der Waals surface area contributed by atoms with Gasteiger partial charge in [0.15, 0.2) is 5.82 Å². The number of pyridine rings is 1. The maximum absolute atomic E-state index is 6.18. The molecule has 20 heavy (non-hydrogen) atoms. The Morgan fingerprint density at radius 2 is 1.95 bits per heavy atom. The minimum atomic E-state index is 0.452. The first kappa shape index (κ1) is 15.0. The largest absolute Gasteiger partial charge is 0.370 e. The fourth-order valence-corrected chi connectivity index (χ4v) is 2.30. The van der Waals surface area contributed by atoms with Crippen molar-refractivity contribution >= 4 is 29.0 Å². The fourth-order valence-electron chi connectivity index (χ4n) is 1.84. The predicted octanol–water partition coefficient (Wildman–Crippen LogP) is 4.23. The monoisotopic (exact) mass is 310 g/mol. The summed E-state index contributed by atoms with van der Waals surface area (Å²) in [5.41, 5.74) is 1.52. The van der Waals surface area contributed by atoms with Crippen molar-refractivity contribution in [2.75, 3.05) is 11.9 Å². The van der Waals surface area contributed by atoms with Gasteiger partial charge in [0.1, 0.15) is 11.5 Å². The molecule has 2 rings (SSSR count). The third-order valence-electron chi connectivity index (χ3n) is 2.66. The van der Waals surface area contributed by atoms with Crippen molar-refractivity contribution in [3.63, 3.8) is 0 Å². The van der Waals surface area contributed by atoms with Crippen molar-refractivity contribution in [1.29, 1.82) is 0 Å². The molecule has 0 fully saturated rings. The molecule has 0 bridgehead atoms. The van der Waals surface area contributed by atoms with Crippen LogP contribution in [-0.4, -0.2) is 21.5 Å². The number of nitrogens with zero attached hydrogens (tertiary/aromatic N) is 3. The number of aromatic nitrogens is 3. The highest BCUT2D eigenvalue weighted by Gasteiger charge is 2.12. The number of aryl methyl sites for hydroxylation is 1. The molecule has 2 aromatic heterocycles. The van der Waals surface area contributed by atoms with Crippen LogP contribution in [0.4, 0.5) is 5.82 Å². The molecule has 0 unspecified atom stereocenters. The first-order valence-corrected chi connectivity index (χ1v) is 7.32. The SMILES string of the molecule is CCCc1cc(NCC)nc(-c2ncc(Cl)cc2Cl)n1. The average molecular weight is 311 g/mol. The van der Waals surface area contributed by atoms with Crippen LogP contribution >= 0.6 is 23.2 Å². The highest BCUT2D eigenvalue weighted by Crippen LogP contribution is 2.26. The molecule has 0 spiro atoms. The van der Waals surface area contributed by atoms with Crippen molar-refractivity contribution in [1.82, 2.24) is 15.0 Å². The summed E-state index contributed by atoms with van der Waals surface area (Å²) in [6.07, 6.45) is 3.45. The van der Waals surface area contributed by atoms with Gasteiger partial charge in [-0.05, 0) is 19.4 Å². The molecule has 0 aliphatic rings. The average Bonchev–Trinajstić information content (AvgIpc) is 2.39. The second-order valence-corrected chi connectivity index (χ2v) is 5.18. The Morgan fingerprint density at radius 1 is 1.15 bits per heavy atom.